The van der Waals surface area contributed by atoms with Gasteiger partial charge in [0, 0.05) is 44.4 Å². The number of sulfonamides is 1. The Labute approximate surface area is 166 Å². The second-order valence-electron chi connectivity index (χ2n) is 6.97. The van der Waals surface area contributed by atoms with Gasteiger partial charge in [-0.3, -0.25) is 10.1 Å². The number of nitrogens with zero attached hydrogens (tertiary/aromatic N) is 3. The Hall–Kier alpha value is -2.15. The first-order chi connectivity index (χ1) is 13.3. The van der Waals surface area contributed by atoms with Crippen molar-refractivity contribution in [3.63, 3.8) is 0 Å². The van der Waals surface area contributed by atoms with Crippen LogP contribution in [0.4, 0.5) is 11.4 Å². The minimum atomic E-state index is -3.95. The Morgan fingerprint density at radius 2 is 1.86 bits per heavy atom. The number of terminal acetylenes is 1. The van der Waals surface area contributed by atoms with E-state index in [9.17, 15) is 18.5 Å². The van der Waals surface area contributed by atoms with Crippen LogP contribution < -0.4 is 10.6 Å². The molecule has 0 aliphatic carbocycles. The molecule has 0 saturated carbocycles. The third-order valence-electron chi connectivity index (χ3n) is 4.85. The summed E-state index contributed by atoms with van der Waals surface area (Å²) in [4.78, 5) is 12.6. The topological polar surface area (TPSA) is 110 Å². The number of piperidine rings is 1. The van der Waals surface area contributed by atoms with E-state index < -0.39 is 14.9 Å². The first-order valence-corrected chi connectivity index (χ1v) is 11.0. The van der Waals surface area contributed by atoms with Crippen LogP contribution in [0.2, 0.25) is 0 Å². The van der Waals surface area contributed by atoms with Gasteiger partial charge in [0.05, 0.1) is 16.2 Å². The summed E-state index contributed by atoms with van der Waals surface area (Å²) in [5.74, 6) is 2.46. The van der Waals surface area contributed by atoms with Crippen molar-refractivity contribution < 1.29 is 13.3 Å². The van der Waals surface area contributed by atoms with Crippen molar-refractivity contribution in [2.75, 3.05) is 31.1 Å². The molecule has 2 rings (SSSR count). The van der Waals surface area contributed by atoms with Gasteiger partial charge in [-0.25, -0.2) is 8.42 Å². The number of hydrogen-bond acceptors (Lipinski definition) is 6. The lowest BCUT2D eigenvalue weighted by atomic mass is 10.1. The molecular weight excluding hydrogens is 380 g/mol. The standard InChI is InChI=1S/C19H28N4O4S/c1-4-9-21(10-5-2)19-15(6-3)13-17(23(24)25)14-18(19)28(26,27)22-11-7-16(20)8-12-22/h3,13-14,16H,4-5,7-12,20H2,1-2H3. The van der Waals surface area contributed by atoms with E-state index in [0.29, 0.717) is 44.7 Å². The van der Waals surface area contributed by atoms with Crippen LogP contribution in [0.15, 0.2) is 17.0 Å². The van der Waals surface area contributed by atoms with Crippen molar-refractivity contribution in [2.24, 2.45) is 5.73 Å². The summed E-state index contributed by atoms with van der Waals surface area (Å²) in [7, 11) is -3.95. The van der Waals surface area contributed by atoms with Crippen LogP contribution in [0.5, 0.6) is 0 Å². The van der Waals surface area contributed by atoms with Crippen LogP contribution in [-0.2, 0) is 10.0 Å². The summed E-state index contributed by atoms with van der Waals surface area (Å²) in [5, 5.41) is 11.4. The molecule has 0 spiro atoms. The first kappa shape index (κ1) is 22.1. The Kier molecular flexibility index (Phi) is 7.41. The lowest BCUT2D eigenvalue weighted by molar-refractivity contribution is -0.385. The smallest absolute Gasteiger partial charge is 0.272 e. The molecule has 154 valence electrons. The number of anilines is 1. The number of nitro groups is 1. The van der Waals surface area contributed by atoms with Gasteiger partial charge in [-0.05, 0) is 25.7 Å². The van der Waals surface area contributed by atoms with Gasteiger partial charge in [0.15, 0.2) is 0 Å². The van der Waals surface area contributed by atoms with Gasteiger partial charge in [-0.15, -0.1) is 6.42 Å². The second-order valence-corrected chi connectivity index (χ2v) is 8.88. The highest BCUT2D eigenvalue weighted by Crippen LogP contribution is 2.36. The van der Waals surface area contributed by atoms with E-state index in [1.54, 1.807) is 0 Å². The van der Waals surface area contributed by atoms with Crippen molar-refractivity contribution in [1.29, 1.82) is 0 Å². The lowest BCUT2D eigenvalue weighted by Gasteiger charge is -2.32. The average Bonchev–Trinajstić information content (AvgIpc) is 2.67. The molecule has 1 fully saturated rings. The van der Waals surface area contributed by atoms with Crippen LogP contribution in [0.1, 0.15) is 45.1 Å². The Bertz CT molecular complexity index is 849. The molecule has 8 nitrogen and oxygen atoms in total. The number of rotatable bonds is 8. The number of nitro benzene ring substituents is 1. The van der Waals surface area contributed by atoms with Crippen LogP contribution >= 0.6 is 0 Å². The number of non-ortho nitro benzene ring substituents is 1. The summed E-state index contributed by atoms with van der Waals surface area (Å²) in [6.07, 6.45) is 8.33. The van der Waals surface area contributed by atoms with Gasteiger partial charge in [0.25, 0.3) is 5.69 Å². The van der Waals surface area contributed by atoms with Crippen molar-refractivity contribution in [1.82, 2.24) is 4.31 Å². The van der Waals surface area contributed by atoms with E-state index in [2.05, 4.69) is 5.92 Å². The van der Waals surface area contributed by atoms with E-state index in [0.717, 1.165) is 18.9 Å². The number of nitrogens with two attached hydrogens (primary N) is 1. The molecule has 1 heterocycles. The Balaban J connectivity index is 2.69. The Morgan fingerprint density at radius 3 is 2.32 bits per heavy atom. The highest BCUT2D eigenvalue weighted by atomic mass is 32.2. The number of hydrogen-bond donors (Lipinski definition) is 1. The van der Waals surface area contributed by atoms with Gasteiger partial charge >= 0.3 is 0 Å². The van der Waals surface area contributed by atoms with Crippen molar-refractivity contribution in [2.45, 2.75) is 50.5 Å². The fraction of sp³-hybridized carbons (Fsp3) is 0.579. The molecule has 1 saturated heterocycles. The largest absolute Gasteiger partial charge is 0.369 e. The van der Waals surface area contributed by atoms with Crippen LogP contribution in [0, 0.1) is 22.5 Å². The molecule has 1 aliphatic heterocycles. The molecule has 0 aromatic heterocycles. The van der Waals surface area contributed by atoms with Gasteiger partial charge in [0.2, 0.25) is 10.0 Å². The maximum absolute atomic E-state index is 13.4. The first-order valence-electron chi connectivity index (χ1n) is 9.55. The third-order valence-corrected chi connectivity index (χ3v) is 6.76. The minimum absolute atomic E-state index is 0.0334. The second kappa shape index (κ2) is 9.37. The van der Waals surface area contributed by atoms with Crippen molar-refractivity contribution >= 4 is 21.4 Å². The summed E-state index contributed by atoms with van der Waals surface area (Å²) in [6.45, 7) is 5.77. The van der Waals surface area contributed by atoms with E-state index >= 15 is 0 Å². The van der Waals surface area contributed by atoms with E-state index in [-0.39, 0.29) is 22.2 Å². The SMILES string of the molecule is C#Cc1cc([N+](=O)[O-])cc(S(=O)(=O)N2CCC(N)CC2)c1N(CCC)CCC. The summed E-state index contributed by atoms with van der Waals surface area (Å²) in [5.41, 5.74) is 6.18. The predicted molar refractivity (Wildman–Crippen MR) is 110 cm³/mol. The van der Waals surface area contributed by atoms with E-state index in [4.69, 9.17) is 12.2 Å². The fourth-order valence-electron chi connectivity index (χ4n) is 3.46. The summed E-state index contributed by atoms with van der Waals surface area (Å²) in [6, 6.07) is 2.38. The molecule has 28 heavy (non-hydrogen) atoms. The average molecular weight is 409 g/mol. The zero-order valence-electron chi connectivity index (χ0n) is 16.4. The summed E-state index contributed by atoms with van der Waals surface area (Å²) < 4.78 is 28.2. The molecule has 1 aromatic carbocycles. The minimum Gasteiger partial charge on any atom is -0.369 e. The monoisotopic (exact) mass is 408 g/mol. The Morgan fingerprint density at radius 1 is 1.29 bits per heavy atom. The molecule has 0 atom stereocenters. The van der Waals surface area contributed by atoms with Gasteiger partial charge in [-0.1, -0.05) is 19.8 Å². The molecule has 1 aliphatic rings. The highest BCUT2D eigenvalue weighted by Gasteiger charge is 2.34. The zero-order valence-corrected chi connectivity index (χ0v) is 17.2. The molecule has 0 bridgehead atoms. The molecule has 9 heteroatoms. The van der Waals surface area contributed by atoms with E-state index in [1.807, 2.05) is 18.7 Å². The zero-order chi connectivity index (χ0) is 20.9. The van der Waals surface area contributed by atoms with Gasteiger partial charge in [0.1, 0.15) is 4.90 Å². The summed E-state index contributed by atoms with van der Waals surface area (Å²) >= 11 is 0. The van der Waals surface area contributed by atoms with Crippen LogP contribution in [-0.4, -0.2) is 49.9 Å². The maximum Gasteiger partial charge on any atom is 0.272 e. The van der Waals surface area contributed by atoms with E-state index in [1.165, 1.54) is 10.4 Å². The van der Waals surface area contributed by atoms with Crippen molar-refractivity contribution in [3.05, 3.63) is 27.8 Å². The molecule has 2 N–H and O–H groups in total. The fourth-order valence-corrected chi connectivity index (χ4v) is 5.18. The predicted octanol–water partition coefficient (Wildman–Crippen LogP) is 2.31. The van der Waals surface area contributed by atoms with Crippen LogP contribution in [0.25, 0.3) is 0 Å². The lowest BCUT2D eigenvalue weighted by Crippen LogP contribution is -2.43. The normalized spacial score (nSPS) is 15.9. The highest BCUT2D eigenvalue weighted by molar-refractivity contribution is 7.89. The molecular formula is C19H28N4O4S. The van der Waals surface area contributed by atoms with Crippen molar-refractivity contribution in [3.8, 4) is 12.3 Å². The molecule has 1 aromatic rings. The number of benzene rings is 1. The third kappa shape index (κ3) is 4.63. The quantitative estimate of drug-likeness (QED) is 0.402. The molecule has 0 radical (unpaired) electrons. The van der Waals surface area contributed by atoms with Gasteiger partial charge < -0.3 is 10.6 Å². The van der Waals surface area contributed by atoms with Gasteiger partial charge in [-0.2, -0.15) is 4.31 Å². The van der Waals surface area contributed by atoms with Crippen LogP contribution in [0.3, 0.4) is 0 Å². The molecule has 0 amide bonds. The maximum atomic E-state index is 13.4. The molecule has 0 unspecified atom stereocenters.